The summed E-state index contributed by atoms with van der Waals surface area (Å²) in [5.41, 5.74) is -0.381. The Balaban J connectivity index is 2.62. The summed E-state index contributed by atoms with van der Waals surface area (Å²) in [6.07, 6.45) is 0.585. The molecule has 0 aliphatic carbocycles. The van der Waals surface area contributed by atoms with Gasteiger partial charge in [0.05, 0.1) is 0 Å². The van der Waals surface area contributed by atoms with Gasteiger partial charge in [0, 0.05) is 5.54 Å². The monoisotopic (exact) mass is 269 g/mol. The molecule has 1 heterocycles. The molecule has 0 aromatic rings. The number of rotatable bonds is 4. The lowest BCUT2D eigenvalue weighted by Gasteiger charge is -2.22. The third-order valence-electron chi connectivity index (χ3n) is 2.63. The minimum Gasteiger partial charge on any atom is -0.350 e. The number of nitrogens with one attached hydrogen (secondary N) is 2. The number of nitrogens with zero attached hydrogens (tertiary/aromatic N) is 1. The van der Waals surface area contributed by atoms with E-state index in [0.717, 1.165) is 4.90 Å². The highest BCUT2D eigenvalue weighted by atomic mass is 16.2. The summed E-state index contributed by atoms with van der Waals surface area (Å²) in [6, 6.07) is -0.991. The van der Waals surface area contributed by atoms with Crippen LogP contribution in [0.2, 0.25) is 0 Å². The quantitative estimate of drug-likeness (QED) is 0.743. The van der Waals surface area contributed by atoms with E-state index >= 15 is 0 Å². The van der Waals surface area contributed by atoms with Crippen LogP contribution in [0, 0.1) is 5.92 Å². The van der Waals surface area contributed by atoms with Crippen molar-refractivity contribution in [3.63, 3.8) is 0 Å². The van der Waals surface area contributed by atoms with E-state index in [4.69, 9.17) is 0 Å². The van der Waals surface area contributed by atoms with E-state index < -0.39 is 12.1 Å². The largest absolute Gasteiger partial charge is 0.350 e. The van der Waals surface area contributed by atoms with Crippen molar-refractivity contribution in [2.45, 2.75) is 52.6 Å². The van der Waals surface area contributed by atoms with Gasteiger partial charge >= 0.3 is 6.03 Å². The van der Waals surface area contributed by atoms with Crippen LogP contribution >= 0.6 is 0 Å². The highest BCUT2D eigenvalue weighted by Gasteiger charge is 2.39. The Bertz CT molecular complexity index is 385. The second-order valence-corrected chi connectivity index (χ2v) is 6.35. The van der Waals surface area contributed by atoms with Crippen LogP contribution in [-0.4, -0.2) is 40.9 Å². The van der Waals surface area contributed by atoms with E-state index in [9.17, 15) is 14.4 Å². The summed E-state index contributed by atoms with van der Waals surface area (Å²) in [5.74, 6) is -0.346. The molecule has 6 heteroatoms. The second-order valence-electron chi connectivity index (χ2n) is 6.35. The molecule has 108 valence electrons. The van der Waals surface area contributed by atoms with Gasteiger partial charge in [0.1, 0.15) is 12.6 Å². The number of carbonyl (C=O) groups excluding carboxylic acids is 3. The van der Waals surface area contributed by atoms with E-state index in [1.807, 2.05) is 34.6 Å². The summed E-state index contributed by atoms with van der Waals surface area (Å²) in [6.45, 7) is 9.27. The lowest BCUT2D eigenvalue weighted by atomic mass is 10.0. The Hall–Kier alpha value is -1.59. The highest BCUT2D eigenvalue weighted by Crippen LogP contribution is 2.14. The molecule has 1 rings (SSSR count). The van der Waals surface area contributed by atoms with Crippen LogP contribution < -0.4 is 10.6 Å². The van der Waals surface area contributed by atoms with Crippen LogP contribution in [0.4, 0.5) is 4.79 Å². The average Bonchev–Trinajstić information content (AvgIpc) is 2.42. The van der Waals surface area contributed by atoms with Crippen molar-refractivity contribution in [1.29, 1.82) is 0 Å². The first-order chi connectivity index (χ1) is 8.60. The fourth-order valence-electron chi connectivity index (χ4n) is 1.96. The lowest BCUT2D eigenvalue weighted by Crippen LogP contribution is -2.47. The molecule has 19 heavy (non-hydrogen) atoms. The van der Waals surface area contributed by atoms with Gasteiger partial charge in [-0.2, -0.15) is 0 Å². The fraction of sp³-hybridized carbons (Fsp3) is 0.769. The summed E-state index contributed by atoms with van der Waals surface area (Å²) >= 11 is 0. The molecule has 2 N–H and O–H groups in total. The van der Waals surface area contributed by atoms with Gasteiger partial charge in [-0.25, -0.2) is 4.79 Å². The predicted molar refractivity (Wildman–Crippen MR) is 71.4 cm³/mol. The molecule has 1 saturated heterocycles. The molecule has 6 nitrogen and oxygen atoms in total. The smallest absolute Gasteiger partial charge is 0.325 e. The zero-order valence-corrected chi connectivity index (χ0v) is 12.2. The third kappa shape index (κ3) is 4.54. The second kappa shape index (κ2) is 5.59. The molecule has 0 aromatic carbocycles. The molecule has 1 aliphatic rings. The highest BCUT2D eigenvalue weighted by molar-refractivity contribution is 6.06. The molecule has 1 aliphatic heterocycles. The topological polar surface area (TPSA) is 78.5 Å². The lowest BCUT2D eigenvalue weighted by molar-refractivity contribution is -0.133. The predicted octanol–water partition coefficient (Wildman–Crippen LogP) is 0.868. The standard InChI is InChI=1S/C13H23N3O3/c1-8(2)6-9-11(18)16(12(19)14-9)7-10(17)15-13(3,4)5/h8-9H,6-7H2,1-5H3,(H,14,19)(H,15,17). The minimum absolute atomic E-state index is 0.226. The normalized spacial score (nSPS) is 19.9. The molecule has 0 spiro atoms. The maximum absolute atomic E-state index is 12.0. The molecule has 0 bridgehead atoms. The van der Waals surface area contributed by atoms with Gasteiger partial charge < -0.3 is 10.6 Å². The van der Waals surface area contributed by atoms with Crippen molar-refractivity contribution in [2.24, 2.45) is 5.92 Å². The van der Waals surface area contributed by atoms with E-state index in [-0.39, 0.29) is 23.9 Å². The zero-order chi connectivity index (χ0) is 14.8. The van der Waals surface area contributed by atoms with Crippen molar-refractivity contribution in [2.75, 3.05) is 6.54 Å². The summed E-state index contributed by atoms with van der Waals surface area (Å²) in [7, 11) is 0. The van der Waals surface area contributed by atoms with Gasteiger partial charge in [-0.1, -0.05) is 13.8 Å². The molecular weight excluding hydrogens is 246 g/mol. The third-order valence-corrected chi connectivity index (χ3v) is 2.63. The van der Waals surface area contributed by atoms with Crippen molar-refractivity contribution in [1.82, 2.24) is 15.5 Å². The molecular formula is C13H23N3O3. The van der Waals surface area contributed by atoms with Crippen LogP contribution in [0.5, 0.6) is 0 Å². The zero-order valence-electron chi connectivity index (χ0n) is 12.2. The van der Waals surface area contributed by atoms with Gasteiger partial charge in [-0.3, -0.25) is 14.5 Å². The van der Waals surface area contributed by atoms with Crippen molar-refractivity contribution in [3.05, 3.63) is 0 Å². The van der Waals surface area contributed by atoms with Gasteiger partial charge in [-0.15, -0.1) is 0 Å². The summed E-state index contributed by atoms with van der Waals surface area (Å²) in [5, 5.41) is 5.34. The van der Waals surface area contributed by atoms with E-state index in [1.165, 1.54) is 0 Å². The van der Waals surface area contributed by atoms with Gasteiger partial charge in [0.2, 0.25) is 5.91 Å². The maximum Gasteiger partial charge on any atom is 0.325 e. The minimum atomic E-state index is -0.505. The van der Waals surface area contributed by atoms with Crippen molar-refractivity contribution < 1.29 is 14.4 Å². The van der Waals surface area contributed by atoms with Crippen LogP contribution in [0.25, 0.3) is 0 Å². The molecule has 0 saturated carbocycles. The molecule has 1 unspecified atom stereocenters. The van der Waals surface area contributed by atoms with Crippen LogP contribution in [0.3, 0.4) is 0 Å². The molecule has 0 radical (unpaired) electrons. The Morgan fingerprint density at radius 1 is 1.37 bits per heavy atom. The number of imide groups is 1. The average molecular weight is 269 g/mol. The van der Waals surface area contributed by atoms with Crippen LogP contribution in [-0.2, 0) is 9.59 Å². The van der Waals surface area contributed by atoms with Gasteiger partial charge in [0.15, 0.2) is 0 Å². The van der Waals surface area contributed by atoms with Gasteiger partial charge in [-0.05, 0) is 33.1 Å². The molecule has 1 fully saturated rings. The van der Waals surface area contributed by atoms with Crippen LogP contribution in [0.1, 0.15) is 41.0 Å². The summed E-state index contributed by atoms with van der Waals surface area (Å²) in [4.78, 5) is 36.4. The van der Waals surface area contributed by atoms with E-state index in [0.29, 0.717) is 12.3 Å². The first kappa shape index (κ1) is 15.5. The summed E-state index contributed by atoms with van der Waals surface area (Å²) < 4.78 is 0. The van der Waals surface area contributed by atoms with E-state index in [1.54, 1.807) is 0 Å². The Morgan fingerprint density at radius 3 is 2.42 bits per heavy atom. The number of carbonyl (C=O) groups is 3. The number of amides is 4. The molecule has 4 amide bonds. The molecule has 0 aromatic heterocycles. The SMILES string of the molecule is CC(C)CC1NC(=O)N(CC(=O)NC(C)(C)C)C1=O. The maximum atomic E-state index is 12.0. The fourth-order valence-corrected chi connectivity index (χ4v) is 1.96. The molecule has 1 atom stereocenters. The number of urea groups is 1. The van der Waals surface area contributed by atoms with Crippen molar-refractivity contribution in [3.8, 4) is 0 Å². The first-order valence-corrected chi connectivity index (χ1v) is 6.53. The Morgan fingerprint density at radius 2 is 1.95 bits per heavy atom. The number of hydrogen-bond acceptors (Lipinski definition) is 3. The van der Waals surface area contributed by atoms with Gasteiger partial charge in [0.25, 0.3) is 5.91 Å². The number of hydrogen-bond donors (Lipinski definition) is 2. The van der Waals surface area contributed by atoms with Crippen LogP contribution in [0.15, 0.2) is 0 Å². The first-order valence-electron chi connectivity index (χ1n) is 6.53. The Labute approximate surface area is 113 Å². The Kier molecular flexibility index (Phi) is 4.55. The van der Waals surface area contributed by atoms with E-state index in [2.05, 4.69) is 10.6 Å². The van der Waals surface area contributed by atoms with Crippen molar-refractivity contribution >= 4 is 17.8 Å².